The Morgan fingerprint density at radius 3 is 2.76 bits per heavy atom. The van der Waals surface area contributed by atoms with Gasteiger partial charge in [-0.1, -0.05) is 37.3 Å². The van der Waals surface area contributed by atoms with Gasteiger partial charge in [0.05, 0.1) is 0 Å². The van der Waals surface area contributed by atoms with E-state index >= 15 is 0 Å². The van der Waals surface area contributed by atoms with Crippen LogP contribution in [0.15, 0.2) is 59.4 Å². The van der Waals surface area contributed by atoms with Gasteiger partial charge in [0.1, 0.15) is 18.2 Å². The standard InChI is InChI=1S/C23H22FN3O2/c1-2-19-14-21(28)27(23(25-19)17-8-5-10-18(24)13-17)15-22(29)26-12-6-9-16-7-3-4-11-20(16)26/h3-5,7-8,10-11,13-14H,2,6,9,12,15H2,1H3. The average molecular weight is 391 g/mol. The summed E-state index contributed by atoms with van der Waals surface area (Å²) in [6.45, 7) is 2.37. The Labute approximate surface area is 168 Å². The van der Waals surface area contributed by atoms with Crippen molar-refractivity contribution in [2.24, 2.45) is 0 Å². The van der Waals surface area contributed by atoms with Crippen LogP contribution in [0.25, 0.3) is 11.4 Å². The summed E-state index contributed by atoms with van der Waals surface area (Å²) >= 11 is 0. The molecule has 1 aliphatic rings. The monoisotopic (exact) mass is 391 g/mol. The molecule has 0 N–H and O–H groups in total. The molecule has 0 radical (unpaired) electrons. The van der Waals surface area contributed by atoms with Crippen molar-refractivity contribution in [1.29, 1.82) is 0 Å². The van der Waals surface area contributed by atoms with Crippen LogP contribution in [0, 0.1) is 5.82 Å². The number of carbonyl (C=O) groups is 1. The van der Waals surface area contributed by atoms with Crippen molar-refractivity contribution in [3.63, 3.8) is 0 Å². The fourth-order valence-electron chi connectivity index (χ4n) is 3.75. The Morgan fingerprint density at radius 2 is 1.97 bits per heavy atom. The maximum absolute atomic E-state index is 13.8. The predicted octanol–water partition coefficient (Wildman–Crippen LogP) is 3.59. The van der Waals surface area contributed by atoms with Crippen LogP contribution in [0.4, 0.5) is 10.1 Å². The zero-order valence-electron chi connectivity index (χ0n) is 16.3. The number of carbonyl (C=O) groups excluding carboxylic acids is 1. The highest BCUT2D eigenvalue weighted by atomic mass is 19.1. The summed E-state index contributed by atoms with van der Waals surface area (Å²) in [4.78, 5) is 32.2. The maximum Gasteiger partial charge on any atom is 0.254 e. The fourth-order valence-corrected chi connectivity index (χ4v) is 3.75. The second-order valence-corrected chi connectivity index (χ2v) is 7.14. The molecule has 5 nitrogen and oxygen atoms in total. The van der Waals surface area contributed by atoms with E-state index in [9.17, 15) is 14.0 Å². The molecule has 0 spiro atoms. The molecule has 0 atom stereocenters. The number of hydrogen-bond donors (Lipinski definition) is 0. The topological polar surface area (TPSA) is 55.2 Å². The molecule has 1 amide bonds. The Bertz CT molecular complexity index is 1120. The lowest BCUT2D eigenvalue weighted by Crippen LogP contribution is -2.40. The van der Waals surface area contributed by atoms with E-state index in [0.29, 0.717) is 30.0 Å². The van der Waals surface area contributed by atoms with E-state index in [4.69, 9.17) is 0 Å². The lowest BCUT2D eigenvalue weighted by Gasteiger charge is -2.30. The smallest absolute Gasteiger partial charge is 0.254 e. The molecule has 6 heteroatoms. The molecule has 4 rings (SSSR count). The van der Waals surface area contributed by atoms with Gasteiger partial charge in [-0.2, -0.15) is 0 Å². The molecule has 29 heavy (non-hydrogen) atoms. The van der Waals surface area contributed by atoms with Crippen molar-refractivity contribution in [3.8, 4) is 11.4 Å². The first-order valence-electron chi connectivity index (χ1n) is 9.82. The van der Waals surface area contributed by atoms with Crippen molar-refractivity contribution in [3.05, 3.63) is 82.0 Å². The highest BCUT2D eigenvalue weighted by Gasteiger charge is 2.24. The van der Waals surface area contributed by atoms with E-state index < -0.39 is 5.82 Å². The molecule has 148 valence electrons. The average Bonchev–Trinajstić information content (AvgIpc) is 2.74. The first-order chi connectivity index (χ1) is 14.1. The number of aryl methyl sites for hydroxylation is 2. The molecule has 0 aliphatic carbocycles. The van der Waals surface area contributed by atoms with Crippen LogP contribution in [0.1, 0.15) is 24.6 Å². The van der Waals surface area contributed by atoms with Gasteiger partial charge in [0.25, 0.3) is 5.56 Å². The number of rotatable bonds is 4. The highest BCUT2D eigenvalue weighted by molar-refractivity contribution is 5.94. The molecule has 0 fully saturated rings. The third-order valence-electron chi connectivity index (χ3n) is 5.21. The molecular formula is C23H22FN3O2. The summed E-state index contributed by atoms with van der Waals surface area (Å²) in [6.07, 6.45) is 2.38. The van der Waals surface area contributed by atoms with Crippen LogP contribution in [0.3, 0.4) is 0 Å². The predicted molar refractivity (Wildman–Crippen MR) is 110 cm³/mol. The molecular weight excluding hydrogens is 369 g/mol. The van der Waals surface area contributed by atoms with E-state index in [1.165, 1.54) is 22.8 Å². The van der Waals surface area contributed by atoms with Gasteiger partial charge in [0, 0.05) is 29.6 Å². The number of aromatic nitrogens is 2. The number of para-hydroxylation sites is 1. The number of hydrogen-bond acceptors (Lipinski definition) is 3. The molecule has 0 saturated carbocycles. The molecule has 0 unspecified atom stereocenters. The van der Waals surface area contributed by atoms with Gasteiger partial charge in [-0.25, -0.2) is 9.37 Å². The molecule has 1 aliphatic heterocycles. The van der Waals surface area contributed by atoms with Crippen molar-refractivity contribution in [1.82, 2.24) is 9.55 Å². The summed E-state index contributed by atoms with van der Waals surface area (Å²) in [5.41, 5.74) is 2.80. The van der Waals surface area contributed by atoms with Crippen molar-refractivity contribution < 1.29 is 9.18 Å². The summed E-state index contributed by atoms with van der Waals surface area (Å²) < 4.78 is 15.1. The van der Waals surface area contributed by atoms with Crippen LogP contribution >= 0.6 is 0 Å². The summed E-state index contributed by atoms with van der Waals surface area (Å²) in [6, 6.07) is 15.2. The summed E-state index contributed by atoms with van der Waals surface area (Å²) in [7, 11) is 0. The third-order valence-corrected chi connectivity index (χ3v) is 5.21. The lowest BCUT2D eigenvalue weighted by molar-refractivity contribution is -0.119. The van der Waals surface area contributed by atoms with Gasteiger partial charge >= 0.3 is 0 Å². The quantitative estimate of drug-likeness (QED) is 0.683. The van der Waals surface area contributed by atoms with Crippen molar-refractivity contribution in [2.75, 3.05) is 11.4 Å². The zero-order chi connectivity index (χ0) is 20.4. The first kappa shape index (κ1) is 19.1. The van der Waals surface area contributed by atoms with E-state index in [1.807, 2.05) is 31.2 Å². The van der Waals surface area contributed by atoms with Crippen molar-refractivity contribution in [2.45, 2.75) is 32.7 Å². The largest absolute Gasteiger partial charge is 0.311 e. The van der Waals surface area contributed by atoms with E-state index in [0.717, 1.165) is 24.1 Å². The van der Waals surface area contributed by atoms with Gasteiger partial charge in [-0.05, 0) is 43.0 Å². The second kappa shape index (κ2) is 7.99. The number of anilines is 1. The number of halogens is 1. The van der Waals surface area contributed by atoms with Gasteiger partial charge in [0.2, 0.25) is 5.91 Å². The SMILES string of the molecule is CCc1cc(=O)n(CC(=O)N2CCCc3ccccc32)c(-c2cccc(F)c2)n1. The fraction of sp³-hybridized carbons (Fsp3) is 0.261. The first-order valence-corrected chi connectivity index (χ1v) is 9.82. The van der Waals surface area contributed by atoms with Gasteiger partial charge in [-0.3, -0.25) is 14.2 Å². The lowest BCUT2D eigenvalue weighted by atomic mass is 10.0. The van der Waals surface area contributed by atoms with Crippen LogP contribution < -0.4 is 10.5 Å². The molecule has 2 aromatic carbocycles. The summed E-state index contributed by atoms with van der Waals surface area (Å²) in [5.74, 6) is -0.281. The minimum atomic E-state index is -0.415. The Morgan fingerprint density at radius 1 is 1.14 bits per heavy atom. The minimum Gasteiger partial charge on any atom is -0.311 e. The number of nitrogens with zero attached hydrogens (tertiary/aromatic N) is 3. The maximum atomic E-state index is 13.8. The zero-order valence-corrected chi connectivity index (χ0v) is 16.3. The molecule has 3 aromatic rings. The minimum absolute atomic E-state index is 0.143. The van der Waals surface area contributed by atoms with Gasteiger partial charge in [0.15, 0.2) is 0 Å². The van der Waals surface area contributed by atoms with Crippen LogP contribution in [0.5, 0.6) is 0 Å². The summed E-state index contributed by atoms with van der Waals surface area (Å²) in [5, 5.41) is 0. The molecule has 1 aromatic heterocycles. The third kappa shape index (κ3) is 3.83. The second-order valence-electron chi connectivity index (χ2n) is 7.14. The van der Waals surface area contributed by atoms with Crippen LogP contribution in [-0.4, -0.2) is 22.0 Å². The van der Waals surface area contributed by atoms with Crippen molar-refractivity contribution >= 4 is 11.6 Å². The molecule has 2 heterocycles. The van der Waals surface area contributed by atoms with Gasteiger partial charge in [-0.15, -0.1) is 0 Å². The highest BCUT2D eigenvalue weighted by Crippen LogP contribution is 2.27. The van der Waals surface area contributed by atoms with E-state index in [-0.39, 0.29) is 18.0 Å². The molecule has 0 bridgehead atoms. The Hall–Kier alpha value is -3.28. The van der Waals surface area contributed by atoms with E-state index in [1.54, 1.807) is 17.0 Å². The Balaban J connectivity index is 1.74. The normalized spacial score (nSPS) is 13.2. The van der Waals surface area contributed by atoms with Gasteiger partial charge < -0.3 is 4.90 Å². The molecule has 0 saturated heterocycles. The van der Waals surface area contributed by atoms with Crippen LogP contribution in [-0.2, 0) is 24.2 Å². The Kier molecular flexibility index (Phi) is 5.25. The van der Waals surface area contributed by atoms with Crippen LogP contribution in [0.2, 0.25) is 0 Å². The number of fused-ring (bicyclic) bond motifs is 1. The number of benzene rings is 2. The number of amides is 1. The van der Waals surface area contributed by atoms with E-state index in [2.05, 4.69) is 4.98 Å².